The molecule has 0 radical (unpaired) electrons. The zero-order valence-corrected chi connectivity index (χ0v) is 11.5. The van der Waals surface area contributed by atoms with Crippen LogP contribution < -0.4 is 5.32 Å². The predicted molar refractivity (Wildman–Crippen MR) is 73.9 cm³/mol. The average molecular weight is 266 g/mol. The predicted octanol–water partition coefficient (Wildman–Crippen LogP) is 0.839. The number of aromatic nitrogens is 2. The minimum Gasteiger partial charge on any atom is -0.395 e. The fourth-order valence-electron chi connectivity index (χ4n) is 1.80. The topological polar surface area (TPSA) is 81.2 Å². The summed E-state index contributed by atoms with van der Waals surface area (Å²) in [6.07, 6.45) is 2.30. The molecule has 0 spiro atoms. The molecule has 0 saturated heterocycles. The number of hydrogen-bond acceptors (Lipinski definition) is 3. The summed E-state index contributed by atoms with van der Waals surface area (Å²) in [6, 6.07) is 1.73. The zero-order valence-electron chi connectivity index (χ0n) is 11.5. The number of H-pyrrole nitrogens is 1. The third-order valence-electron chi connectivity index (χ3n) is 2.65. The third kappa shape index (κ3) is 5.13. The van der Waals surface area contributed by atoms with Crippen LogP contribution in [0.4, 0.5) is 4.79 Å². The molecule has 0 fully saturated rings. The normalized spacial score (nSPS) is 11.9. The number of aliphatic hydroxyl groups is 1. The van der Waals surface area contributed by atoms with Crippen LogP contribution in [-0.2, 0) is 6.42 Å². The smallest absolute Gasteiger partial charge is 0.317 e. The van der Waals surface area contributed by atoms with Crippen LogP contribution in [-0.4, -0.2) is 52.0 Å². The van der Waals surface area contributed by atoms with E-state index in [0.29, 0.717) is 19.5 Å². The molecule has 106 valence electrons. The Morgan fingerprint density at radius 1 is 1.74 bits per heavy atom. The molecule has 6 nitrogen and oxygen atoms in total. The van der Waals surface area contributed by atoms with E-state index in [0.717, 1.165) is 11.4 Å². The molecule has 1 unspecified atom stereocenters. The number of aryl methyl sites for hydroxylation is 1. The van der Waals surface area contributed by atoms with E-state index in [4.69, 9.17) is 5.11 Å². The number of hydrogen-bond donors (Lipinski definition) is 3. The molecule has 1 atom stereocenters. The van der Waals surface area contributed by atoms with Gasteiger partial charge in [0.05, 0.1) is 12.3 Å². The first-order valence-electron chi connectivity index (χ1n) is 6.35. The number of rotatable bonds is 7. The molecule has 1 aromatic rings. The van der Waals surface area contributed by atoms with Crippen molar-refractivity contribution in [3.05, 3.63) is 30.1 Å². The van der Waals surface area contributed by atoms with E-state index in [2.05, 4.69) is 22.1 Å². The van der Waals surface area contributed by atoms with Crippen LogP contribution in [0.1, 0.15) is 18.3 Å². The summed E-state index contributed by atoms with van der Waals surface area (Å²) >= 11 is 0. The fourth-order valence-corrected chi connectivity index (χ4v) is 1.80. The molecule has 6 heteroatoms. The van der Waals surface area contributed by atoms with Crippen molar-refractivity contribution in [3.8, 4) is 0 Å². The molecule has 1 aromatic heterocycles. The van der Waals surface area contributed by atoms with E-state index >= 15 is 0 Å². The van der Waals surface area contributed by atoms with Gasteiger partial charge >= 0.3 is 6.03 Å². The Balaban J connectivity index is 2.47. The van der Waals surface area contributed by atoms with Gasteiger partial charge in [-0.15, -0.1) is 6.58 Å². The van der Waals surface area contributed by atoms with Gasteiger partial charge in [-0.25, -0.2) is 4.79 Å². The molecule has 2 amide bonds. The van der Waals surface area contributed by atoms with Crippen LogP contribution in [0.3, 0.4) is 0 Å². The van der Waals surface area contributed by atoms with Crippen LogP contribution in [0.25, 0.3) is 0 Å². The van der Waals surface area contributed by atoms with E-state index in [1.807, 2.05) is 19.9 Å². The molecule has 0 aromatic carbocycles. The highest BCUT2D eigenvalue weighted by Crippen LogP contribution is 2.02. The van der Waals surface area contributed by atoms with Crippen LogP contribution in [0.5, 0.6) is 0 Å². The zero-order chi connectivity index (χ0) is 14.3. The van der Waals surface area contributed by atoms with Crippen LogP contribution in [0, 0.1) is 6.92 Å². The van der Waals surface area contributed by atoms with Crippen LogP contribution in [0.2, 0.25) is 0 Å². The number of amides is 2. The second kappa shape index (κ2) is 7.58. The van der Waals surface area contributed by atoms with Crippen molar-refractivity contribution in [1.29, 1.82) is 0 Å². The fraction of sp³-hybridized carbons (Fsp3) is 0.538. The molecule has 0 aliphatic heterocycles. The lowest BCUT2D eigenvalue weighted by molar-refractivity contribution is 0.181. The third-order valence-corrected chi connectivity index (χ3v) is 2.65. The molecule has 1 rings (SSSR count). The van der Waals surface area contributed by atoms with Crippen molar-refractivity contribution >= 4 is 6.03 Å². The van der Waals surface area contributed by atoms with Gasteiger partial charge in [0.25, 0.3) is 0 Å². The van der Waals surface area contributed by atoms with Gasteiger partial charge in [-0.2, -0.15) is 5.10 Å². The molecular weight excluding hydrogens is 244 g/mol. The number of carbonyl (C=O) groups is 1. The van der Waals surface area contributed by atoms with Gasteiger partial charge in [-0.05, 0) is 19.9 Å². The van der Waals surface area contributed by atoms with Crippen molar-refractivity contribution < 1.29 is 9.90 Å². The summed E-state index contributed by atoms with van der Waals surface area (Å²) < 4.78 is 0. The number of nitrogens with one attached hydrogen (secondary N) is 2. The number of urea groups is 1. The van der Waals surface area contributed by atoms with Gasteiger partial charge in [0.1, 0.15) is 0 Å². The number of aliphatic hydroxyl groups excluding tert-OH is 1. The molecular formula is C13H22N4O2. The van der Waals surface area contributed by atoms with Gasteiger partial charge in [-0.1, -0.05) is 6.08 Å². The number of carbonyl (C=O) groups excluding carboxylic acids is 1. The lowest BCUT2D eigenvalue weighted by atomic mass is 10.2. The monoisotopic (exact) mass is 266 g/mol. The highest BCUT2D eigenvalue weighted by molar-refractivity contribution is 5.74. The van der Waals surface area contributed by atoms with Crippen molar-refractivity contribution in [3.63, 3.8) is 0 Å². The summed E-state index contributed by atoms with van der Waals surface area (Å²) in [5.41, 5.74) is 1.92. The minimum atomic E-state index is -0.200. The molecule has 3 N–H and O–H groups in total. The van der Waals surface area contributed by atoms with E-state index in [9.17, 15) is 4.79 Å². The Hall–Kier alpha value is -1.82. The van der Waals surface area contributed by atoms with Gasteiger partial charge in [0.2, 0.25) is 0 Å². The average Bonchev–Trinajstić information content (AvgIpc) is 2.74. The van der Waals surface area contributed by atoms with Crippen molar-refractivity contribution in [2.45, 2.75) is 26.3 Å². The van der Waals surface area contributed by atoms with Crippen molar-refractivity contribution in [2.75, 3.05) is 19.7 Å². The molecule has 0 bridgehead atoms. The molecule has 0 aliphatic rings. The van der Waals surface area contributed by atoms with Gasteiger partial charge in [0, 0.05) is 31.2 Å². The van der Waals surface area contributed by atoms with E-state index < -0.39 is 0 Å². The Morgan fingerprint density at radius 3 is 3.00 bits per heavy atom. The highest BCUT2D eigenvalue weighted by Gasteiger charge is 2.15. The largest absolute Gasteiger partial charge is 0.395 e. The number of nitrogens with zero attached hydrogens (tertiary/aromatic N) is 2. The van der Waals surface area contributed by atoms with E-state index in [-0.39, 0.29) is 18.7 Å². The summed E-state index contributed by atoms with van der Waals surface area (Å²) in [5.74, 6) is 0. The standard InChI is InChI=1S/C13H22N4O2/c1-4-5-17(6-7-18)13(19)14-10(2)8-12-9-11(3)15-16-12/h4,9-10,18H,1,5-8H2,2-3H3,(H,14,19)(H,15,16). The molecule has 19 heavy (non-hydrogen) atoms. The second-order valence-corrected chi connectivity index (χ2v) is 4.56. The Labute approximate surface area is 113 Å². The van der Waals surface area contributed by atoms with Crippen LogP contribution in [0.15, 0.2) is 18.7 Å². The molecule has 1 heterocycles. The Kier molecular flexibility index (Phi) is 6.08. The van der Waals surface area contributed by atoms with E-state index in [1.54, 1.807) is 6.08 Å². The van der Waals surface area contributed by atoms with E-state index in [1.165, 1.54) is 4.90 Å². The van der Waals surface area contributed by atoms with Gasteiger partial charge < -0.3 is 15.3 Å². The van der Waals surface area contributed by atoms with Crippen molar-refractivity contribution in [1.82, 2.24) is 20.4 Å². The minimum absolute atomic E-state index is 0.0267. The maximum atomic E-state index is 12.0. The maximum absolute atomic E-state index is 12.0. The summed E-state index contributed by atoms with van der Waals surface area (Å²) in [5, 5.41) is 18.8. The summed E-state index contributed by atoms with van der Waals surface area (Å²) in [4.78, 5) is 13.5. The Bertz CT molecular complexity index is 417. The van der Waals surface area contributed by atoms with Gasteiger partial charge in [0.15, 0.2) is 0 Å². The first kappa shape index (κ1) is 15.2. The van der Waals surface area contributed by atoms with Crippen molar-refractivity contribution in [2.24, 2.45) is 0 Å². The first-order chi connectivity index (χ1) is 9.06. The SMILES string of the molecule is C=CCN(CCO)C(=O)NC(C)Cc1cc(C)[nH]n1. The molecule has 0 saturated carbocycles. The molecule has 0 aliphatic carbocycles. The summed E-state index contributed by atoms with van der Waals surface area (Å²) in [6.45, 7) is 8.11. The Morgan fingerprint density at radius 2 is 2.47 bits per heavy atom. The summed E-state index contributed by atoms with van der Waals surface area (Å²) in [7, 11) is 0. The lowest BCUT2D eigenvalue weighted by Gasteiger charge is -2.23. The van der Waals surface area contributed by atoms with Gasteiger partial charge in [-0.3, -0.25) is 5.10 Å². The quantitative estimate of drug-likeness (QED) is 0.640. The maximum Gasteiger partial charge on any atom is 0.317 e. The second-order valence-electron chi connectivity index (χ2n) is 4.56. The highest BCUT2D eigenvalue weighted by atomic mass is 16.3. The lowest BCUT2D eigenvalue weighted by Crippen LogP contribution is -2.45. The number of aromatic amines is 1. The van der Waals surface area contributed by atoms with Crippen LogP contribution >= 0.6 is 0 Å². The first-order valence-corrected chi connectivity index (χ1v) is 6.35.